The lowest BCUT2D eigenvalue weighted by atomic mass is 10.1. The number of nitrogens with zero attached hydrogens (tertiary/aromatic N) is 5. The van der Waals surface area contributed by atoms with Gasteiger partial charge in [-0.2, -0.15) is 0 Å². The predicted molar refractivity (Wildman–Crippen MR) is 100 cm³/mol. The molecule has 1 aromatic heterocycles. The summed E-state index contributed by atoms with van der Waals surface area (Å²) in [5.74, 6) is 1.72. The van der Waals surface area contributed by atoms with Crippen molar-refractivity contribution >= 4 is 17.3 Å². The van der Waals surface area contributed by atoms with Crippen LogP contribution in [0, 0.1) is 5.82 Å². The number of morpholine rings is 1. The highest BCUT2D eigenvalue weighted by Crippen LogP contribution is 2.26. The quantitative estimate of drug-likeness (QED) is 0.839. The molecule has 0 saturated carbocycles. The Kier molecular flexibility index (Phi) is 4.88. The van der Waals surface area contributed by atoms with Crippen LogP contribution in [0.25, 0.3) is 0 Å². The molecule has 1 atom stereocenters. The van der Waals surface area contributed by atoms with Crippen LogP contribution in [0.15, 0.2) is 36.7 Å². The number of hydrogen-bond donors (Lipinski definition) is 0. The van der Waals surface area contributed by atoms with Gasteiger partial charge >= 0.3 is 0 Å². The number of rotatable bonds is 3. The molecule has 26 heavy (non-hydrogen) atoms. The fourth-order valence-corrected chi connectivity index (χ4v) is 3.68. The SMILES string of the molecule is CC1CN(c2ccccc2F)CCN1c1cc(N2CCOCC2)ncn1. The monoisotopic (exact) mass is 357 g/mol. The van der Waals surface area contributed by atoms with E-state index in [2.05, 4.69) is 37.7 Å². The molecule has 2 fully saturated rings. The topological polar surface area (TPSA) is 44.7 Å². The summed E-state index contributed by atoms with van der Waals surface area (Å²) < 4.78 is 19.5. The number of halogens is 1. The lowest BCUT2D eigenvalue weighted by Gasteiger charge is -2.41. The lowest BCUT2D eigenvalue weighted by molar-refractivity contribution is 0.122. The number of ether oxygens (including phenoxy) is 1. The second-order valence-corrected chi connectivity index (χ2v) is 6.77. The molecule has 0 N–H and O–H groups in total. The summed E-state index contributed by atoms with van der Waals surface area (Å²) in [6, 6.07) is 9.27. The molecule has 1 unspecified atom stereocenters. The Morgan fingerprint density at radius 3 is 2.54 bits per heavy atom. The molecule has 2 aliphatic heterocycles. The van der Waals surface area contributed by atoms with Crippen LogP contribution in [0.1, 0.15) is 6.92 Å². The maximum absolute atomic E-state index is 14.1. The third-order valence-corrected chi connectivity index (χ3v) is 5.09. The molecule has 0 radical (unpaired) electrons. The third-order valence-electron chi connectivity index (χ3n) is 5.09. The molecule has 4 rings (SSSR count). The average Bonchev–Trinajstić information content (AvgIpc) is 2.69. The van der Waals surface area contributed by atoms with Gasteiger partial charge in [-0.1, -0.05) is 12.1 Å². The highest BCUT2D eigenvalue weighted by atomic mass is 19.1. The van der Waals surface area contributed by atoms with Crippen LogP contribution in [-0.2, 0) is 4.74 Å². The Balaban J connectivity index is 1.48. The van der Waals surface area contributed by atoms with Gasteiger partial charge < -0.3 is 19.4 Å². The van der Waals surface area contributed by atoms with Crippen molar-refractivity contribution in [1.82, 2.24) is 9.97 Å². The van der Waals surface area contributed by atoms with Crippen LogP contribution in [0.4, 0.5) is 21.7 Å². The Morgan fingerprint density at radius 1 is 1.00 bits per heavy atom. The van der Waals surface area contributed by atoms with E-state index in [-0.39, 0.29) is 11.9 Å². The van der Waals surface area contributed by atoms with E-state index < -0.39 is 0 Å². The Bertz CT molecular complexity index is 752. The summed E-state index contributed by atoms with van der Waals surface area (Å²) in [6.45, 7) is 7.66. The molecule has 2 saturated heterocycles. The van der Waals surface area contributed by atoms with Crippen LogP contribution < -0.4 is 14.7 Å². The Hall–Kier alpha value is -2.41. The predicted octanol–water partition coefficient (Wildman–Crippen LogP) is 2.17. The van der Waals surface area contributed by atoms with E-state index in [0.29, 0.717) is 5.69 Å². The van der Waals surface area contributed by atoms with Gasteiger partial charge in [-0.25, -0.2) is 14.4 Å². The van der Waals surface area contributed by atoms with Crippen LogP contribution in [0.3, 0.4) is 0 Å². The Morgan fingerprint density at radius 2 is 1.77 bits per heavy atom. The van der Waals surface area contributed by atoms with Crippen molar-refractivity contribution in [3.8, 4) is 0 Å². The molecule has 0 aliphatic carbocycles. The van der Waals surface area contributed by atoms with Gasteiger partial charge in [0.15, 0.2) is 0 Å². The van der Waals surface area contributed by atoms with E-state index in [0.717, 1.165) is 57.6 Å². The van der Waals surface area contributed by atoms with E-state index in [1.54, 1.807) is 12.4 Å². The standard InChI is InChI=1S/C19H24FN5O/c1-15-13-24(17-5-3-2-4-16(17)20)6-7-25(15)19-12-18(21-14-22-19)23-8-10-26-11-9-23/h2-5,12,14-15H,6-11,13H2,1H3. The van der Waals surface area contributed by atoms with Gasteiger partial charge in [0, 0.05) is 44.8 Å². The van der Waals surface area contributed by atoms with Gasteiger partial charge in [0.2, 0.25) is 0 Å². The van der Waals surface area contributed by atoms with E-state index in [9.17, 15) is 4.39 Å². The van der Waals surface area contributed by atoms with Gasteiger partial charge in [0.1, 0.15) is 23.8 Å². The minimum absolute atomic E-state index is 0.162. The van der Waals surface area contributed by atoms with Gasteiger partial charge in [-0.3, -0.25) is 0 Å². The summed E-state index contributed by atoms with van der Waals surface area (Å²) in [7, 11) is 0. The van der Waals surface area contributed by atoms with Crippen LogP contribution in [-0.4, -0.2) is 61.9 Å². The zero-order valence-electron chi connectivity index (χ0n) is 15.0. The first-order chi connectivity index (χ1) is 12.7. The van der Waals surface area contributed by atoms with E-state index in [1.165, 1.54) is 6.07 Å². The smallest absolute Gasteiger partial charge is 0.146 e. The summed E-state index contributed by atoms with van der Waals surface area (Å²) in [6.07, 6.45) is 1.64. The normalized spacial score (nSPS) is 21.2. The maximum Gasteiger partial charge on any atom is 0.146 e. The van der Waals surface area contributed by atoms with Crippen molar-refractivity contribution in [3.05, 3.63) is 42.5 Å². The van der Waals surface area contributed by atoms with Crippen molar-refractivity contribution in [1.29, 1.82) is 0 Å². The Labute approximate surface area is 153 Å². The number of hydrogen-bond acceptors (Lipinski definition) is 6. The molecule has 0 bridgehead atoms. The molecule has 138 valence electrons. The number of anilines is 3. The summed E-state index contributed by atoms with van der Waals surface area (Å²) >= 11 is 0. The summed E-state index contributed by atoms with van der Waals surface area (Å²) in [5, 5.41) is 0. The van der Waals surface area contributed by atoms with Crippen molar-refractivity contribution < 1.29 is 9.13 Å². The molecule has 7 heteroatoms. The van der Waals surface area contributed by atoms with Crippen molar-refractivity contribution in [2.24, 2.45) is 0 Å². The van der Waals surface area contributed by atoms with Crippen molar-refractivity contribution in [2.75, 3.05) is 60.6 Å². The van der Waals surface area contributed by atoms with E-state index in [1.807, 2.05) is 12.1 Å². The van der Waals surface area contributed by atoms with Gasteiger partial charge in [-0.15, -0.1) is 0 Å². The second-order valence-electron chi connectivity index (χ2n) is 6.77. The fourth-order valence-electron chi connectivity index (χ4n) is 3.68. The van der Waals surface area contributed by atoms with Crippen LogP contribution in [0.5, 0.6) is 0 Å². The lowest BCUT2D eigenvalue weighted by Crippen LogP contribution is -2.52. The number of aromatic nitrogens is 2. The minimum Gasteiger partial charge on any atom is -0.378 e. The van der Waals surface area contributed by atoms with Crippen LogP contribution >= 0.6 is 0 Å². The zero-order chi connectivity index (χ0) is 17.9. The second kappa shape index (κ2) is 7.45. The molecule has 2 aromatic rings. The highest BCUT2D eigenvalue weighted by molar-refractivity contribution is 5.54. The molecular formula is C19H24FN5O. The third kappa shape index (κ3) is 3.44. The largest absolute Gasteiger partial charge is 0.378 e. The van der Waals surface area contributed by atoms with Gasteiger partial charge in [-0.05, 0) is 19.1 Å². The molecule has 2 aliphatic rings. The summed E-state index contributed by atoms with van der Waals surface area (Å²) in [5.41, 5.74) is 0.677. The van der Waals surface area contributed by atoms with Crippen LogP contribution in [0.2, 0.25) is 0 Å². The number of para-hydroxylation sites is 1. The molecule has 3 heterocycles. The number of piperazine rings is 1. The van der Waals surface area contributed by atoms with Gasteiger partial charge in [0.05, 0.1) is 18.9 Å². The minimum atomic E-state index is -0.162. The highest BCUT2D eigenvalue weighted by Gasteiger charge is 2.26. The zero-order valence-corrected chi connectivity index (χ0v) is 15.0. The first-order valence-electron chi connectivity index (χ1n) is 9.13. The molecule has 6 nitrogen and oxygen atoms in total. The molecule has 0 spiro atoms. The van der Waals surface area contributed by atoms with Crippen molar-refractivity contribution in [2.45, 2.75) is 13.0 Å². The maximum atomic E-state index is 14.1. The molecule has 0 amide bonds. The first-order valence-corrected chi connectivity index (χ1v) is 9.13. The van der Waals surface area contributed by atoms with Crippen molar-refractivity contribution in [3.63, 3.8) is 0 Å². The van der Waals surface area contributed by atoms with E-state index in [4.69, 9.17) is 4.74 Å². The average molecular weight is 357 g/mol. The molecular weight excluding hydrogens is 333 g/mol. The number of benzene rings is 1. The molecule has 1 aromatic carbocycles. The van der Waals surface area contributed by atoms with Gasteiger partial charge in [0.25, 0.3) is 0 Å². The summed E-state index contributed by atoms with van der Waals surface area (Å²) in [4.78, 5) is 15.5. The van der Waals surface area contributed by atoms with E-state index >= 15 is 0 Å². The fraction of sp³-hybridized carbons (Fsp3) is 0.474. The first kappa shape index (κ1) is 17.0.